The summed E-state index contributed by atoms with van der Waals surface area (Å²) in [5.41, 5.74) is 0. The largest absolute Gasteiger partial charge is 4.00 e. The van der Waals surface area contributed by atoms with Gasteiger partial charge in [0.05, 0.1) is 0 Å². The molecule has 0 aliphatic heterocycles. The zero-order valence-corrected chi connectivity index (χ0v) is 19.0. The molecule has 0 atom stereocenters. The van der Waals surface area contributed by atoms with Crippen molar-refractivity contribution in [3.8, 4) is 0 Å². The molecule has 0 N–H and O–H groups in total. The number of carboxylic acids is 6. The van der Waals surface area contributed by atoms with Crippen LogP contribution in [0, 0.1) is 0 Å². The molecule has 0 aliphatic rings. The summed E-state index contributed by atoms with van der Waals surface area (Å²) in [6.07, 6.45) is 0. The first-order chi connectivity index (χ1) is 10.4. The molecule has 0 radical (unpaired) electrons. The fourth-order valence-electron chi connectivity index (χ4n) is 0. The van der Waals surface area contributed by atoms with E-state index in [4.69, 9.17) is 59.4 Å². The van der Waals surface area contributed by atoms with Gasteiger partial charge in [-0.05, 0) is 41.5 Å². The molecule has 14 heteroatoms. The molecule has 0 fully saturated rings. The molecule has 0 aromatic rings. The maximum absolute atomic E-state index is 8.89. The Kier molecular flexibility index (Phi) is 83.5. The molecule has 0 bridgehead atoms. The van der Waals surface area contributed by atoms with Gasteiger partial charge in [-0.3, -0.25) is 0 Å². The first-order valence-electron chi connectivity index (χ1n) is 5.45. The number of carboxylic acid groups (broad SMARTS) is 6. The molecular weight excluding hydrogens is 452 g/mol. The van der Waals surface area contributed by atoms with Crippen molar-refractivity contribution >= 4 is 58.9 Å². The quantitative estimate of drug-likeness (QED) is 0.300. The van der Waals surface area contributed by atoms with Gasteiger partial charge < -0.3 is 59.4 Å². The van der Waals surface area contributed by atoms with Crippen LogP contribution in [0.1, 0.15) is 41.5 Å². The van der Waals surface area contributed by atoms with Crippen LogP contribution in [0.3, 0.4) is 0 Å². The van der Waals surface area contributed by atoms with E-state index in [-0.39, 0.29) is 49.3 Å². The van der Waals surface area contributed by atoms with Crippen molar-refractivity contribution in [2.45, 2.75) is 41.5 Å². The number of aliphatic carboxylic acids is 6. The standard InChI is InChI=1S/6C2H4O2.Mg.Zr/c6*1-2(3)4;;/h6*1H3,(H,3,4);;/q;;;;;;+2;+4/p-6. The zero-order valence-electron chi connectivity index (χ0n) is 15.1. The first kappa shape index (κ1) is 49.7. The molecule has 26 heavy (non-hydrogen) atoms. The van der Waals surface area contributed by atoms with Gasteiger partial charge in [-0.2, -0.15) is 0 Å². The van der Waals surface area contributed by atoms with E-state index in [0.717, 1.165) is 41.5 Å². The normalized spacial score (nSPS) is 5.77. The van der Waals surface area contributed by atoms with Crippen LogP contribution in [0.25, 0.3) is 0 Å². The van der Waals surface area contributed by atoms with Crippen molar-refractivity contribution in [1.29, 1.82) is 0 Å². The molecule has 0 amide bonds. The molecule has 0 heterocycles. The molecule has 144 valence electrons. The molecule has 0 aliphatic carbocycles. The van der Waals surface area contributed by atoms with Gasteiger partial charge in [-0.1, -0.05) is 0 Å². The number of hydrogen-bond donors (Lipinski definition) is 0. The second-order valence-corrected chi connectivity index (χ2v) is 2.95. The van der Waals surface area contributed by atoms with Crippen molar-refractivity contribution in [2.24, 2.45) is 0 Å². The summed E-state index contributed by atoms with van der Waals surface area (Å²) in [5.74, 6) is -6.50. The maximum atomic E-state index is 8.89. The van der Waals surface area contributed by atoms with E-state index in [9.17, 15) is 0 Å². The summed E-state index contributed by atoms with van der Waals surface area (Å²) in [6.45, 7) is 5.83. The van der Waals surface area contributed by atoms with Crippen molar-refractivity contribution in [1.82, 2.24) is 0 Å². The Morgan fingerprint density at radius 2 is 0.385 bits per heavy atom. The smallest absolute Gasteiger partial charge is 0.550 e. The van der Waals surface area contributed by atoms with Crippen molar-refractivity contribution in [3.05, 3.63) is 0 Å². The van der Waals surface area contributed by atoms with Crippen LogP contribution < -0.4 is 30.6 Å². The Morgan fingerprint density at radius 1 is 0.385 bits per heavy atom. The Hall–Kier alpha value is -1.53. The summed E-state index contributed by atoms with van der Waals surface area (Å²) in [6, 6.07) is 0. The minimum Gasteiger partial charge on any atom is -0.550 e. The van der Waals surface area contributed by atoms with Crippen LogP contribution in [0.4, 0.5) is 0 Å². The Balaban J connectivity index is -0.0000000245. The van der Waals surface area contributed by atoms with E-state index < -0.39 is 35.8 Å². The minimum absolute atomic E-state index is 0. The van der Waals surface area contributed by atoms with Gasteiger partial charge in [0.25, 0.3) is 0 Å². The maximum Gasteiger partial charge on any atom is 4.00 e. The SMILES string of the molecule is CC(=O)[O-].CC(=O)[O-].CC(=O)[O-].CC(=O)[O-].CC(=O)[O-].CC(=O)[O-].[Mg+2].[Zr+4]. The second kappa shape index (κ2) is 43.7. The van der Waals surface area contributed by atoms with Gasteiger partial charge in [-0.25, -0.2) is 0 Å². The third-order valence-electron chi connectivity index (χ3n) is 0. The Bertz CT molecular complexity index is 267. The van der Waals surface area contributed by atoms with Crippen molar-refractivity contribution in [3.63, 3.8) is 0 Å². The van der Waals surface area contributed by atoms with E-state index in [1.165, 1.54) is 0 Å². The number of carbonyl (C=O) groups excluding carboxylic acids is 6. The molecule has 0 aromatic heterocycles. The molecule has 0 spiro atoms. The number of hydrogen-bond acceptors (Lipinski definition) is 12. The second-order valence-electron chi connectivity index (χ2n) is 2.95. The van der Waals surface area contributed by atoms with Gasteiger partial charge in [-0.15, -0.1) is 0 Å². The van der Waals surface area contributed by atoms with Crippen LogP contribution >= 0.6 is 0 Å². The van der Waals surface area contributed by atoms with Gasteiger partial charge in [0.2, 0.25) is 0 Å². The zero-order chi connectivity index (χ0) is 21.5. The summed E-state index contributed by atoms with van der Waals surface area (Å²) in [7, 11) is 0. The predicted molar refractivity (Wildman–Crippen MR) is 69.8 cm³/mol. The average molecular weight is 470 g/mol. The van der Waals surface area contributed by atoms with E-state index in [1.54, 1.807) is 0 Å². The Labute approximate surface area is 185 Å². The van der Waals surface area contributed by atoms with E-state index in [0.29, 0.717) is 0 Å². The molecule has 0 saturated heterocycles. The van der Waals surface area contributed by atoms with Crippen LogP contribution in [0.2, 0.25) is 0 Å². The number of rotatable bonds is 0. The van der Waals surface area contributed by atoms with Crippen molar-refractivity contribution in [2.75, 3.05) is 0 Å². The summed E-state index contributed by atoms with van der Waals surface area (Å²) >= 11 is 0. The molecule has 0 unspecified atom stereocenters. The topological polar surface area (TPSA) is 241 Å². The third kappa shape index (κ3) is 4420. The molecule has 0 rings (SSSR count). The molecule has 12 nitrogen and oxygen atoms in total. The van der Waals surface area contributed by atoms with Crippen LogP contribution in [-0.2, 0) is 55.0 Å². The first-order valence-corrected chi connectivity index (χ1v) is 5.45. The molecular formula is C12H18MgO12Zr. The third-order valence-corrected chi connectivity index (χ3v) is 0. The van der Waals surface area contributed by atoms with Gasteiger partial charge in [0.15, 0.2) is 0 Å². The summed E-state index contributed by atoms with van der Waals surface area (Å²) in [5, 5.41) is 53.3. The van der Waals surface area contributed by atoms with Crippen LogP contribution in [0.5, 0.6) is 0 Å². The number of carbonyl (C=O) groups is 6. The predicted octanol–water partition coefficient (Wildman–Crippen LogP) is -7.85. The van der Waals surface area contributed by atoms with E-state index in [1.807, 2.05) is 0 Å². The van der Waals surface area contributed by atoms with Gasteiger partial charge >= 0.3 is 49.3 Å². The monoisotopic (exact) mass is 468 g/mol. The van der Waals surface area contributed by atoms with E-state index in [2.05, 4.69) is 0 Å². The average Bonchev–Trinajstić information content (AvgIpc) is 2.08. The fraction of sp³-hybridized carbons (Fsp3) is 0.500. The fourth-order valence-corrected chi connectivity index (χ4v) is 0. The summed E-state index contributed by atoms with van der Waals surface area (Å²) in [4.78, 5) is 53.3. The van der Waals surface area contributed by atoms with Gasteiger partial charge in [0.1, 0.15) is 0 Å². The van der Waals surface area contributed by atoms with E-state index >= 15 is 0 Å². The Morgan fingerprint density at radius 3 is 0.385 bits per heavy atom. The molecule has 0 aromatic carbocycles. The van der Waals surface area contributed by atoms with Crippen LogP contribution in [-0.4, -0.2) is 58.9 Å². The van der Waals surface area contributed by atoms with Crippen LogP contribution in [0.15, 0.2) is 0 Å². The molecule has 0 saturated carbocycles. The van der Waals surface area contributed by atoms with Crippen molar-refractivity contribution < 1.29 is 85.6 Å². The summed E-state index contributed by atoms with van der Waals surface area (Å²) < 4.78 is 0. The van der Waals surface area contributed by atoms with Gasteiger partial charge in [0, 0.05) is 35.8 Å². The minimum atomic E-state index is -1.08.